The number of halogens is 3. The smallest absolute Gasteiger partial charge is 0.414 e. The van der Waals surface area contributed by atoms with Crippen LogP contribution in [-0.4, -0.2) is 30.0 Å². The van der Waals surface area contributed by atoms with Crippen LogP contribution in [-0.2, 0) is 9.53 Å². The highest BCUT2D eigenvalue weighted by molar-refractivity contribution is 5.70. The van der Waals surface area contributed by atoms with Crippen molar-refractivity contribution in [3.8, 4) is 0 Å². The van der Waals surface area contributed by atoms with Crippen molar-refractivity contribution in [1.82, 2.24) is 0 Å². The van der Waals surface area contributed by atoms with Crippen molar-refractivity contribution in [2.45, 2.75) is 51.3 Å². The van der Waals surface area contributed by atoms with Gasteiger partial charge in [0.05, 0.1) is 13.0 Å². The van der Waals surface area contributed by atoms with Crippen molar-refractivity contribution >= 4 is 5.97 Å². The molecule has 96 valence electrons. The molecule has 0 heterocycles. The molecule has 1 unspecified atom stereocenters. The number of carbonyl (C=O) groups excluding carboxylic acids is 1. The number of alkyl halides is 3. The Morgan fingerprint density at radius 3 is 2.44 bits per heavy atom. The molecule has 1 N–H and O–H groups in total. The molecule has 3 nitrogen and oxygen atoms in total. The van der Waals surface area contributed by atoms with Gasteiger partial charge in [0.15, 0.2) is 6.10 Å². The van der Waals surface area contributed by atoms with Gasteiger partial charge in [0, 0.05) is 0 Å². The number of hydrogen-bond acceptors (Lipinski definition) is 3. The van der Waals surface area contributed by atoms with E-state index in [1.165, 1.54) is 0 Å². The second-order valence-corrected chi connectivity index (χ2v) is 3.54. The molecule has 1 atom stereocenters. The van der Waals surface area contributed by atoms with Crippen LogP contribution in [0.1, 0.15) is 39.0 Å². The summed E-state index contributed by atoms with van der Waals surface area (Å²) in [6, 6.07) is 0. The molecule has 0 aliphatic heterocycles. The fraction of sp³-hybridized carbons (Fsp3) is 0.900. The van der Waals surface area contributed by atoms with E-state index in [9.17, 15) is 18.0 Å². The second-order valence-electron chi connectivity index (χ2n) is 3.54. The maximum Gasteiger partial charge on any atom is 0.414 e. The van der Waals surface area contributed by atoms with E-state index in [-0.39, 0.29) is 6.61 Å². The highest BCUT2D eigenvalue weighted by Crippen LogP contribution is 2.22. The standard InChI is InChI=1S/C10H17F3O3/c1-2-3-4-5-6-16-9(15)7-8(14)10(11,12)13/h8,14H,2-7H2,1H3. The van der Waals surface area contributed by atoms with Crippen LogP contribution in [0.4, 0.5) is 13.2 Å². The first-order valence-electron chi connectivity index (χ1n) is 5.28. The summed E-state index contributed by atoms with van der Waals surface area (Å²) in [7, 11) is 0. The summed E-state index contributed by atoms with van der Waals surface area (Å²) in [6.45, 7) is 2.13. The molecule has 0 rings (SSSR count). The summed E-state index contributed by atoms with van der Waals surface area (Å²) in [6.07, 6.45) is -4.87. The number of esters is 1. The highest BCUT2D eigenvalue weighted by Gasteiger charge is 2.39. The third kappa shape index (κ3) is 7.50. The van der Waals surface area contributed by atoms with Gasteiger partial charge >= 0.3 is 12.1 Å². The minimum atomic E-state index is -4.76. The van der Waals surface area contributed by atoms with E-state index < -0.39 is 24.7 Å². The first-order valence-corrected chi connectivity index (χ1v) is 5.28. The van der Waals surface area contributed by atoms with Crippen LogP contribution in [0.5, 0.6) is 0 Å². The van der Waals surface area contributed by atoms with Crippen LogP contribution in [0, 0.1) is 0 Å². The molecule has 0 aliphatic carbocycles. The highest BCUT2D eigenvalue weighted by atomic mass is 19.4. The summed E-state index contributed by atoms with van der Waals surface area (Å²) in [5.74, 6) is -1.01. The number of aliphatic hydroxyl groups excluding tert-OH is 1. The van der Waals surface area contributed by atoms with Gasteiger partial charge in [-0.05, 0) is 6.42 Å². The summed E-state index contributed by atoms with van der Waals surface area (Å²) in [5.41, 5.74) is 0. The van der Waals surface area contributed by atoms with Gasteiger partial charge in [-0.1, -0.05) is 26.2 Å². The largest absolute Gasteiger partial charge is 0.466 e. The van der Waals surface area contributed by atoms with E-state index in [1.807, 2.05) is 6.92 Å². The molecular formula is C10H17F3O3. The monoisotopic (exact) mass is 242 g/mol. The molecule has 0 amide bonds. The predicted molar refractivity (Wildman–Crippen MR) is 51.8 cm³/mol. The molecule has 0 saturated carbocycles. The van der Waals surface area contributed by atoms with Crippen LogP contribution >= 0.6 is 0 Å². The summed E-state index contributed by atoms with van der Waals surface area (Å²) >= 11 is 0. The zero-order valence-electron chi connectivity index (χ0n) is 9.22. The number of unbranched alkanes of at least 4 members (excludes halogenated alkanes) is 3. The number of aliphatic hydroxyl groups is 1. The minimum absolute atomic E-state index is 0.114. The Morgan fingerprint density at radius 2 is 1.94 bits per heavy atom. The van der Waals surface area contributed by atoms with Crippen molar-refractivity contribution < 1.29 is 27.8 Å². The molecule has 0 aromatic rings. The molecule has 0 bridgehead atoms. The lowest BCUT2D eigenvalue weighted by Gasteiger charge is -2.13. The number of carbonyl (C=O) groups is 1. The fourth-order valence-corrected chi connectivity index (χ4v) is 1.05. The lowest BCUT2D eigenvalue weighted by atomic mass is 10.2. The molecule has 0 aromatic carbocycles. The van der Waals surface area contributed by atoms with E-state index in [2.05, 4.69) is 4.74 Å². The molecule has 0 saturated heterocycles. The molecule has 0 spiro atoms. The van der Waals surface area contributed by atoms with Gasteiger partial charge in [0.1, 0.15) is 0 Å². The van der Waals surface area contributed by atoms with Crippen LogP contribution in [0.25, 0.3) is 0 Å². The third-order valence-corrected chi connectivity index (χ3v) is 2.00. The van der Waals surface area contributed by atoms with Crippen LogP contribution in [0.15, 0.2) is 0 Å². The van der Waals surface area contributed by atoms with E-state index in [1.54, 1.807) is 0 Å². The van der Waals surface area contributed by atoms with Crippen molar-refractivity contribution in [1.29, 1.82) is 0 Å². The molecule has 16 heavy (non-hydrogen) atoms. The SMILES string of the molecule is CCCCCCOC(=O)CC(O)C(F)(F)F. The lowest BCUT2D eigenvalue weighted by Crippen LogP contribution is -2.31. The fourth-order valence-electron chi connectivity index (χ4n) is 1.05. The second kappa shape index (κ2) is 7.49. The van der Waals surface area contributed by atoms with Gasteiger partial charge in [-0.25, -0.2) is 0 Å². The maximum absolute atomic E-state index is 11.8. The molecule has 0 aliphatic rings. The molecule has 0 fully saturated rings. The van der Waals surface area contributed by atoms with Gasteiger partial charge in [0.2, 0.25) is 0 Å². The predicted octanol–water partition coefficient (Wildman–Crippen LogP) is 2.42. The van der Waals surface area contributed by atoms with Gasteiger partial charge in [-0.3, -0.25) is 4.79 Å². The normalized spacial score (nSPS) is 13.6. The van der Waals surface area contributed by atoms with E-state index in [0.717, 1.165) is 19.3 Å². The average molecular weight is 242 g/mol. The summed E-state index contributed by atoms with van der Waals surface area (Å²) < 4.78 is 40.1. The Morgan fingerprint density at radius 1 is 1.31 bits per heavy atom. The van der Waals surface area contributed by atoms with E-state index in [4.69, 9.17) is 5.11 Å². The Balaban J connectivity index is 3.59. The average Bonchev–Trinajstić information content (AvgIpc) is 2.16. The topological polar surface area (TPSA) is 46.5 Å². The summed E-state index contributed by atoms with van der Waals surface area (Å²) in [4.78, 5) is 10.9. The van der Waals surface area contributed by atoms with Crippen molar-refractivity contribution in [3.63, 3.8) is 0 Å². The van der Waals surface area contributed by atoms with Crippen molar-refractivity contribution in [2.75, 3.05) is 6.61 Å². The number of hydrogen-bond donors (Lipinski definition) is 1. The Bertz CT molecular complexity index is 204. The van der Waals surface area contributed by atoms with Gasteiger partial charge in [-0.15, -0.1) is 0 Å². The lowest BCUT2D eigenvalue weighted by molar-refractivity contribution is -0.209. The quantitative estimate of drug-likeness (QED) is 0.551. The van der Waals surface area contributed by atoms with Crippen LogP contribution < -0.4 is 0 Å². The molecule has 0 aromatic heterocycles. The van der Waals surface area contributed by atoms with Crippen LogP contribution in [0.3, 0.4) is 0 Å². The molecule has 6 heteroatoms. The van der Waals surface area contributed by atoms with Crippen molar-refractivity contribution in [3.05, 3.63) is 0 Å². The van der Waals surface area contributed by atoms with Gasteiger partial charge < -0.3 is 9.84 Å². The summed E-state index contributed by atoms with van der Waals surface area (Å²) in [5, 5.41) is 8.57. The Hall–Kier alpha value is -0.780. The Labute approximate surface area is 92.6 Å². The van der Waals surface area contributed by atoms with Gasteiger partial charge in [0.25, 0.3) is 0 Å². The Kier molecular flexibility index (Phi) is 7.12. The van der Waals surface area contributed by atoms with Gasteiger partial charge in [-0.2, -0.15) is 13.2 Å². The number of ether oxygens (including phenoxy) is 1. The first kappa shape index (κ1) is 15.2. The third-order valence-electron chi connectivity index (χ3n) is 2.00. The van der Waals surface area contributed by atoms with E-state index in [0.29, 0.717) is 6.42 Å². The van der Waals surface area contributed by atoms with Crippen LogP contribution in [0.2, 0.25) is 0 Å². The molecular weight excluding hydrogens is 225 g/mol. The zero-order valence-corrected chi connectivity index (χ0v) is 9.22. The maximum atomic E-state index is 11.8. The minimum Gasteiger partial charge on any atom is -0.466 e. The molecule has 0 radical (unpaired) electrons. The number of rotatable bonds is 7. The van der Waals surface area contributed by atoms with Crippen molar-refractivity contribution in [2.24, 2.45) is 0 Å². The zero-order chi connectivity index (χ0) is 12.6. The van der Waals surface area contributed by atoms with E-state index >= 15 is 0 Å². The first-order chi connectivity index (χ1) is 7.38.